The molecule has 144 valence electrons. The molecule has 0 atom stereocenters. The lowest BCUT2D eigenvalue weighted by molar-refractivity contribution is -0.137. The molecule has 1 heterocycles. The first-order valence-corrected chi connectivity index (χ1v) is 9.20. The van der Waals surface area contributed by atoms with Crippen molar-refractivity contribution < 1.29 is 22.7 Å². The molecule has 0 aromatic heterocycles. The number of rotatable bonds is 4. The lowest BCUT2D eigenvalue weighted by Gasteiger charge is -2.23. The third-order valence-electron chi connectivity index (χ3n) is 4.43. The van der Waals surface area contributed by atoms with Crippen molar-refractivity contribution in [3.05, 3.63) is 52.0 Å². The van der Waals surface area contributed by atoms with Crippen molar-refractivity contribution in [2.75, 3.05) is 30.4 Å². The second-order valence-corrected chi connectivity index (χ2v) is 7.08. The summed E-state index contributed by atoms with van der Waals surface area (Å²) in [6, 6.07) is 8.21. The zero-order chi connectivity index (χ0) is 19.6. The van der Waals surface area contributed by atoms with Crippen molar-refractivity contribution >= 4 is 33.2 Å². The summed E-state index contributed by atoms with van der Waals surface area (Å²) in [5, 5.41) is 2.64. The number of hydrogen-bond donors (Lipinski definition) is 1. The van der Waals surface area contributed by atoms with Gasteiger partial charge in [-0.2, -0.15) is 13.2 Å². The van der Waals surface area contributed by atoms with Crippen LogP contribution < -0.4 is 15.0 Å². The van der Waals surface area contributed by atoms with Gasteiger partial charge in [-0.3, -0.25) is 4.79 Å². The second-order valence-electron chi connectivity index (χ2n) is 6.23. The summed E-state index contributed by atoms with van der Waals surface area (Å²) in [6.07, 6.45) is -2.54. The van der Waals surface area contributed by atoms with Gasteiger partial charge >= 0.3 is 6.18 Å². The summed E-state index contributed by atoms with van der Waals surface area (Å²) in [5.74, 6) is 0.0708. The van der Waals surface area contributed by atoms with Crippen molar-refractivity contribution in [1.29, 1.82) is 0 Å². The minimum Gasteiger partial charge on any atom is -0.496 e. The molecule has 8 heteroatoms. The largest absolute Gasteiger partial charge is 0.496 e. The average molecular weight is 443 g/mol. The van der Waals surface area contributed by atoms with E-state index in [0.717, 1.165) is 38.1 Å². The maximum absolute atomic E-state index is 13.1. The van der Waals surface area contributed by atoms with E-state index in [9.17, 15) is 18.0 Å². The molecule has 0 radical (unpaired) electrons. The Balaban J connectivity index is 1.93. The lowest BCUT2D eigenvalue weighted by atomic mass is 10.1. The first kappa shape index (κ1) is 19.5. The first-order valence-electron chi connectivity index (χ1n) is 8.40. The zero-order valence-corrected chi connectivity index (χ0v) is 16.2. The van der Waals surface area contributed by atoms with Gasteiger partial charge in [0.25, 0.3) is 5.91 Å². The van der Waals surface area contributed by atoms with Crippen LogP contribution >= 0.6 is 15.9 Å². The molecule has 1 aliphatic heterocycles. The molecule has 0 bridgehead atoms. The van der Waals surface area contributed by atoms with Crippen LogP contribution in [0.3, 0.4) is 0 Å². The van der Waals surface area contributed by atoms with Crippen LogP contribution in [0.5, 0.6) is 5.75 Å². The molecular weight excluding hydrogens is 425 g/mol. The Labute approximate surface area is 163 Å². The molecule has 0 unspecified atom stereocenters. The van der Waals surface area contributed by atoms with Crippen LogP contribution in [0.1, 0.15) is 28.8 Å². The number of ether oxygens (including phenoxy) is 1. The molecule has 1 aliphatic rings. The van der Waals surface area contributed by atoms with Gasteiger partial charge in [-0.25, -0.2) is 0 Å². The van der Waals surface area contributed by atoms with E-state index in [4.69, 9.17) is 4.74 Å². The predicted molar refractivity (Wildman–Crippen MR) is 102 cm³/mol. The summed E-state index contributed by atoms with van der Waals surface area (Å²) in [6.45, 7) is 1.50. The molecular formula is C19H18BrF3N2O2. The van der Waals surface area contributed by atoms with Crippen LogP contribution in [0.15, 0.2) is 40.9 Å². The number of nitrogens with one attached hydrogen (secondary N) is 1. The molecule has 0 spiro atoms. The van der Waals surface area contributed by atoms with E-state index in [2.05, 4.69) is 21.2 Å². The highest BCUT2D eigenvalue weighted by molar-refractivity contribution is 9.10. The Morgan fingerprint density at radius 2 is 1.85 bits per heavy atom. The minimum absolute atomic E-state index is 0.156. The maximum atomic E-state index is 13.1. The summed E-state index contributed by atoms with van der Waals surface area (Å²) in [4.78, 5) is 14.6. The van der Waals surface area contributed by atoms with Crippen LogP contribution in [-0.4, -0.2) is 26.1 Å². The molecule has 1 N–H and O–H groups in total. The quantitative estimate of drug-likeness (QED) is 0.695. The van der Waals surface area contributed by atoms with Gasteiger partial charge in [-0.05, 0) is 65.2 Å². The standard InChI is InChI=1S/C19H18BrF3N2O2/c1-27-17-7-4-12(10-14(17)20)18(26)24-15-11-13(19(21,22)23)5-6-16(15)25-8-2-3-9-25/h4-7,10-11H,2-3,8-9H2,1H3,(H,24,26). The van der Waals surface area contributed by atoms with Gasteiger partial charge in [0, 0.05) is 18.7 Å². The van der Waals surface area contributed by atoms with E-state index >= 15 is 0 Å². The highest BCUT2D eigenvalue weighted by Crippen LogP contribution is 2.37. The van der Waals surface area contributed by atoms with E-state index in [1.807, 2.05) is 4.90 Å². The summed E-state index contributed by atoms with van der Waals surface area (Å²) >= 11 is 3.31. The van der Waals surface area contributed by atoms with E-state index in [0.29, 0.717) is 21.5 Å². The van der Waals surface area contributed by atoms with Gasteiger partial charge in [-0.15, -0.1) is 0 Å². The smallest absolute Gasteiger partial charge is 0.416 e. The molecule has 0 saturated carbocycles. The Morgan fingerprint density at radius 3 is 2.44 bits per heavy atom. The Bertz CT molecular complexity index is 849. The number of methoxy groups -OCH3 is 1. The van der Waals surface area contributed by atoms with Gasteiger partial charge in [0.05, 0.1) is 28.5 Å². The fourth-order valence-electron chi connectivity index (χ4n) is 3.05. The number of alkyl halides is 3. The fraction of sp³-hybridized carbons (Fsp3) is 0.316. The van der Waals surface area contributed by atoms with E-state index < -0.39 is 17.6 Å². The lowest BCUT2D eigenvalue weighted by Crippen LogP contribution is -2.22. The van der Waals surface area contributed by atoms with Crippen LogP contribution in [0.2, 0.25) is 0 Å². The number of halogens is 4. The van der Waals surface area contributed by atoms with Crippen molar-refractivity contribution in [2.24, 2.45) is 0 Å². The molecule has 27 heavy (non-hydrogen) atoms. The molecule has 4 nitrogen and oxygen atoms in total. The number of nitrogens with zero attached hydrogens (tertiary/aromatic N) is 1. The summed E-state index contributed by atoms with van der Waals surface area (Å²) in [5.41, 5.74) is 0.272. The van der Waals surface area contributed by atoms with E-state index in [1.54, 1.807) is 18.2 Å². The Hall–Kier alpha value is -2.22. The fourth-order valence-corrected chi connectivity index (χ4v) is 3.59. The summed E-state index contributed by atoms with van der Waals surface area (Å²) in [7, 11) is 1.50. The SMILES string of the molecule is COc1ccc(C(=O)Nc2cc(C(F)(F)F)ccc2N2CCCC2)cc1Br. The van der Waals surface area contributed by atoms with Crippen molar-refractivity contribution in [2.45, 2.75) is 19.0 Å². The van der Waals surface area contributed by atoms with Gasteiger partial charge in [0.1, 0.15) is 5.75 Å². The molecule has 1 fully saturated rings. The Kier molecular flexibility index (Phi) is 5.64. The van der Waals surface area contributed by atoms with E-state index in [1.165, 1.54) is 13.2 Å². The summed E-state index contributed by atoms with van der Waals surface area (Å²) < 4.78 is 45.1. The number of anilines is 2. The molecule has 0 aliphatic carbocycles. The highest BCUT2D eigenvalue weighted by Gasteiger charge is 2.32. The zero-order valence-electron chi connectivity index (χ0n) is 14.6. The highest BCUT2D eigenvalue weighted by atomic mass is 79.9. The first-order chi connectivity index (χ1) is 12.8. The molecule has 2 aromatic carbocycles. The van der Waals surface area contributed by atoms with Gasteiger partial charge in [0.15, 0.2) is 0 Å². The molecule has 3 rings (SSSR count). The van der Waals surface area contributed by atoms with Crippen molar-refractivity contribution in [1.82, 2.24) is 0 Å². The normalized spacial score (nSPS) is 14.3. The van der Waals surface area contributed by atoms with Crippen molar-refractivity contribution in [3.8, 4) is 5.75 Å². The second kappa shape index (κ2) is 7.80. The van der Waals surface area contributed by atoms with E-state index in [-0.39, 0.29) is 5.69 Å². The number of carbonyl (C=O) groups excluding carboxylic acids is 1. The number of carbonyl (C=O) groups is 1. The maximum Gasteiger partial charge on any atom is 0.416 e. The van der Waals surface area contributed by atoms with Gasteiger partial charge in [0.2, 0.25) is 0 Å². The predicted octanol–water partition coefficient (Wildman–Crippen LogP) is 5.33. The van der Waals surface area contributed by atoms with Crippen LogP contribution in [-0.2, 0) is 6.18 Å². The molecule has 1 saturated heterocycles. The van der Waals surface area contributed by atoms with Crippen LogP contribution in [0.25, 0.3) is 0 Å². The van der Waals surface area contributed by atoms with Crippen LogP contribution in [0.4, 0.5) is 24.5 Å². The van der Waals surface area contributed by atoms with Crippen molar-refractivity contribution in [3.63, 3.8) is 0 Å². The third-order valence-corrected chi connectivity index (χ3v) is 5.05. The number of amides is 1. The topological polar surface area (TPSA) is 41.6 Å². The minimum atomic E-state index is -4.48. The Morgan fingerprint density at radius 1 is 1.15 bits per heavy atom. The number of hydrogen-bond acceptors (Lipinski definition) is 3. The monoisotopic (exact) mass is 442 g/mol. The third kappa shape index (κ3) is 4.37. The van der Waals surface area contributed by atoms with Crippen LogP contribution in [0, 0.1) is 0 Å². The van der Waals surface area contributed by atoms with Gasteiger partial charge < -0.3 is 15.0 Å². The van der Waals surface area contributed by atoms with Gasteiger partial charge in [-0.1, -0.05) is 0 Å². The number of benzene rings is 2. The molecule has 2 aromatic rings. The average Bonchev–Trinajstić information content (AvgIpc) is 3.15. The molecule has 1 amide bonds.